The van der Waals surface area contributed by atoms with E-state index in [-0.39, 0.29) is 18.3 Å². The fourth-order valence-electron chi connectivity index (χ4n) is 2.94. The van der Waals surface area contributed by atoms with Gasteiger partial charge in [-0.25, -0.2) is 0 Å². The van der Waals surface area contributed by atoms with Crippen LogP contribution >= 0.6 is 0 Å². The van der Waals surface area contributed by atoms with Crippen molar-refractivity contribution in [2.75, 3.05) is 24.7 Å². The maximum absolute atomic E-state index is 12.3. The van der Waals surface area contributed by atoms with E-state index in [0.717, 1.165) is 11.3 Å². The number of aryl methyl sites for hydroxylation is 1. The number of carbonyl (C=O) groups excluding carboxylic acids is 2. The van der Waals surface area contributed by atoms with Crippen LogP contribution in [0.3, 0.4) is 0 Å². The van der Waals surface area contributed by atoms with Crippen molar-refractivity contribution in [2.24, 2.45) is 0 Å². The van der Waals surface area contributed by atoms with Crippen LogP contribution < -0.4 is 14.4 Å². The fourth-order valence-corrected chi connectivity index (χ4v) is 2.94. The number of amides is 1. The molecule has 3 rings (SSSR count). The molecule has 1 aliphatic rings. The predicted molar refractivity (Wildman–Crippen MR) is 100 cm³/mol. The number of benzene rings is 2. The maximum atomic E-state index is 12.3. The zero-order chi connectivity index (χ0) is 18.5. The van der Waals surface area contributed by atoms with Gasteiger partial charge in [-0.2, -0.15) is 0 Å². The molecule has 0 saturated carbocycles. The molecule has 136 valence electrons. The Kier molecular flexibility index (Phi) is 5.56. The van der Waals surface area contributed by atoms with E-state index in [0.29, 0.717) is 43.0 Å². The first kappa shape index (κ1) is 18.0. The molecule has 0 aromatic heterocycles. The molecule has 2 aromatic rings. The van der Waals surface area contributed by atoms with Crippen molar-refractivity contribution >= 4 is 17.4 Å². The minimum Gasteiger partial charge on any atom is -0.494 e. The van der Waals surface area contributed by atoms with Gasteiger partial charge in [-0.1, -0.05) is 19.1 Å². The molecule has 2 aromatic carbocycles. The van der Waals surface area contributed by atoms with E-state index in [1.54, 1.807) is 23.1 Å². The van der Waals surface area contributed by atoms with Gasteiger partial charge in [0.1, 0.15) is 11.5 Å². The Labute approximate surface area is 153 Å². The Morgan fingerprint density at radius 1 is 1.23 bits per heavy atom. The Morgan fingerprint density at radius 2 is 2.08 bits per heavy atom. The number of fused-ring (bicyclic) bond motifs is 1. The van der Waals surface area contributed by atoms with Crippen LogP contribution in [0.2, 0.25) is 0 Å². The van der Waals surface area contributed by atoms with Crippen LogP contribution in [0.1, 0.15) is 35.7 Å². The van der Waals surface area contributed by atoms with E-state index in [1.165, 1.54) is 0 Å². The second-order valence-corrected chi connectivity index (χ2v) is 6.31. The van der Waals surface area contributed by atoms with Gasteiger partial charge >= 0.3 is 0 Å². The maximum Gasteiger partial charge on any atom is 0.265 e. The summed E-state index contributed by atoms with van der Waals surface area (Å²) in [6.45, 7) is 4.89. The number of hydrogen-bond donors (Lipinski definition) is 0. The molecule has 1 aliphatic heterocycles. The molecule has 1 heterocycles. The lowest BCUT2D eigenvalue weighted by Gasteiger charge is -2.29. The first-order valence-corrected chi connectivity index (χ1v) is 8.88. The first-order chi connectivity index (χ1) is 12.6. The Balaban J connectivity index is 1.66. The molecule has 26 heavy (non-hydrogen) atoms. The summed E-state index contributed by atoms with van der Waals surface area (Å²) >= 11 is 0. The number of anilines is 1. The van der Waals surface area contributed by atoms with Gasteiger partial charge in [-0.3, -0.25) is 9.59 Å². The summed E-state index contributed by atoms with van der Waals surface area (Å²) in [7, 11) is 0. The summed E-state index contributed by atoms with van der Waals surface area (Å²) < 4.78 is 11.2. The highest BCUT2D eigenvalue weighted by Crippen LogP contribution is 2.33. The monoisotopic (exact) mass is 353 g/mol. The molecule has 0 saturated heterocycles. The summed E-state index contributed by atoms with van der Waals surface area (Å²) in [4.78, 5) is 25.9. The Bertz CT molecular complexity index is 815. The number of Topliss-reactive ketones (excluding diaryl/α,β-unsaturated/α-hetero) is 1. The molecular formula is C21H23NO4. The number of hydrogen-bond acceptors (Lipinski definition) is 4. The van der Waals surface area contributed by atoms with Crippen LogP contribution in [0.5, 0.6) is 11.5 Å². The highest BCUT2D eigenvalue weighted by molar-refractivity contribution is 6.01. The van der Waals surface area contributed by atoms with Crippen LogP contribution in [0.4, 0.5) is 5.69 Å². The molecular weight excluding hydrogens is 330 g/mol. The van der Waals surface area contributed by atoms with Crippen molar-refractivity contribution in [1.82, 2.24) is 0 Å². The summed E-state index contributed by atoms with van der Waals surface area (Å²) in [5.41, 5.74) is 2.41. The van der Waals surface area contributed by atoms with Gasteiger partial charge in [0, 0.05) is 18.5 Å². The molecule has 0 aliphatic carbocycles. The van der Waals surface area contributed by atoms with Crippen molar-refractivity contribution in [2.45, 2.75) is 26.7 Å². The average molecular weight is 353 g/mol. The normalized spacial score (nSPS) is 13.2. The Morgan fingerprint density at radius 3 is 2.85 bits per heavy atom. The van der Waals surface area contributed by atoms with Crippen molar-refractivity contribution in [3.05, 3.63) is 53.6 Å². The SMILES string of the molecule is CCC(=O)c1ccc2c(c1)N(CCCOc1cccc(C)c1)C(=O)CO2. The highest BCUT2D eigenvalue weighted by Gasteiger charge is 2.26. The molecule has 1 amide bonds. The number of ether oxygens (including phenoxy) is 2. The third-order valence-corrected chi connectivity index (χ3v) is 4.33. The summed E-state index contributed by atoms with van der Waals surface area (Å²) in [6.07, 6.45) is 1.11. The molecule has 0 fully saturated rings. The summed E-state index contributed by atoms with van der Waals surface area (Å²) in [5.74, 6) is 1.41. The molecule has 0 spiro atoms. The van der Waals surface area contributed by atoms with Crippen LogP contribution in [-0.4, -0.2) is 31.4 Å². The zero-order valence-corrected chi connectivity index (χ0v) is 15.2. The Hall–Kier alpha value is -2.82. The van der Waals surface area contributed by atoms with Gasteiger partial charge in [0.15, 0.2) is 12.4 Å². The van der Waals surface area contributed by atoms with E-state index in [1.807, 2.05) is 38.1 Å². The van der Waals surface area contributed by atoms with Crippen LogP contribution in [0.25, 0.3) is 0 Å². The number of carbonyl (C=O) groups is 2. The molecule has 0 unspecified atom stereocenters. The lowest BCUT2D eigenvalue weighted by molar-refractivity contribution is -0.121. The lowest BCUT2D eigenvalue weighted by atomic mass is 10.1. The molecule has 0 radical (unpaired) electrons. The van der Waals surface area contributed by atoms with Crippen molar-refractivity contribution in [3.63, 3.8) is 0 Å². The van der Waals surface area contributed by atoms with Crippen molar-refractivity contribution < 1.29 is 19.1 Å². The van der Waals surface area contributed by atoms with Crippen LogP contribution in [-0.2, 0) is 4.79 Å². The number of ketones is 1. The zero-order valence-electron chi connectivity index (χ0n) is 15.2. The van der Waals surface area contributed by atoms with Gasteiger partial charge in [-0.05, 0) is 49.2 Å². The molecule has 0 atom stereocenters. The van der Waals surface area contributed by atoms with Crippen LogP contribution in [0, 0.1) is 6.92 Å². The van der Waals surface area contributed by atoms with E-state index >= 15 is 0 Å². The smallest absolute Gasteiger partial charge is 0.265 e. The highest BCUT2D eigenvalue weighted by atomic mass is 16.5. The van der Waals surface area contributed by atoms with Crippen molar-refractivity contribution in [1.29, 1.82) is 0 Å². The predicted octanol–water partition coefficient (Wildman–Crippen LogP) is 3.78. The minimum absolute atomic E-state index is 0.0206. The first-order valence-electron chi connectivity index (χ1n) is 8.88. The van der Waals surface area contributed by atoms with Crippen LogP contribution in [0.15, 0.2) is 42.5 Å². The quantitative estimate of drug-likeness (QED) is 0.561. The van der Waals surface area contributed by atoms with Gasteiger partial charge in [0.2, 0.25) is 0 Å². The summed E-state index contributed by atoms with van der Waals surface area (Å²) in [5, 5.41) is 0. The second kappa shape index (κ2) is 8.04. The minimum atomic E-state index is -0.103. The third-order valence-electron chi connectivity index (χ3n) is 4.33. The second-order valence-electron chi connectivity index (χ2n) is 6.31. The number of nitrogens with zero attached hydrogens (tertiary/aromatic N) is 1. The van der Waals surface area contributed by atoms with Crippen molar-refractivity contribution in [3.8, 4) is 11.5 Å². The third kappa shape index (κ3) is 4.04. The standard InChI is InChI=1S/C21H23NO4/c1-3-19(23)16-8-9-20-18(13-16)22(21(24)14-26-20)10-5-11-25-17-7-4-6-15(2)12-17/h4,6-9,12-13H,3,5,10-11,14H2,1-2H3. The fraction of sp³-hybridized carbons (Fsp3) is 0.333. The van der Waals surface area contributed by atoms with Gasteiger partial charge in [0.25, 0.3) is 5.91 Å². The number of rotatable bonds is 7. The molecule has 5 nitrogen and oxygen atoms in total. The van der Waals surface area contributed by atoms with E-state index < -0.39 is 0 Å². The molecule has 0 N–H and O–H groups in total. The van der Waals surface area contributed by atoms with E-state index in [9.17, 15) is 9.59 Å². The largest absolute Gasteiger partial charge is 0.494 e. The van der Waals surface area contributed by atoms with E-state index in [4.69, 9.17) is 9.47 Å². The van der Waals surface area contributed by atoms with E-state index in [2.05, 4.69) is 0 Å². The molecule has 5 heteroatoms. The lowest BCUT2D eigenvalue weighted by Crippen LogP contribution is -2.40. The van der Waals surface area contributed by atoms with Gasteiger partial charge in [-0.15, -0.1) is 0 Å². The summed E-state index contributed by atoms with van der Waals surface area (Å²) in [6, 6.07) is 13.1. The van der Waals surface area contributed by atoms with Gasteiger partial charge < -0.3 is 14.4 Å². The van der Waals surface area contributed by atoms with Gasteiger partial charge in [0.05, 0.1) is 12.3 Å². The topological polar surface area (TPSA) is 55.8 Å². The molecule has 0 bridgehead atoms. The average Bonchev–Trinajstić information content (AvgIpc) is 2.65.